The molecule has 0 heterocycles. The molecule has 1 amide bonds. The Morgan fingerprint density at radius 2 is 1.54 bits per heavy atom. The van der Waals surface area contributed by atoms with Gasteiger partial charge in [-0.1, -0.05) is 24.3 Å². The zero-order chi connectivity index (χ0) is 18.9. The number of benzene rings is 2. The van der Waals surface area contributed by atoms with E-state index in [1.807, 2.05) is 36.4 Å². The summed E-state index contributed by atoms with van der Waals surface area (Å²) in [6.07, 6.45) is 1.11. The second kappa shape index (κ2) is 9.46. The fourth-order valence-electron chi connectivity index (χ4n) is 2.43. The minimum Gasteiger partial charge on any atom is -0.497 e. The number of aryl methyl sites for hydroxylation is 1. The fraction of sp³-hybridized carbons (Fsp3) is 0.300. The van der Waals surface area contributed by atoms with E-state index in [0.717, 1.165) is 16.9 Å². The van der Waals surface area contributed by atoms with Crippen molar-refractivity contribution in [1.29, 1.82) is 0 Å². The molecule has 0 bridgehead atoms. The number of carbonyl (C=O) groups is 2. The van der Waals surface area contributed by atoms with Gasteiger partial charge in [0.2, 0.25) is 5.91 Å². The van der Waals surface area contributed by atoms with E-state index >= 15 is 0 Å². The van der Waals surface area contributed by atoms with Crippen molar-refractivity contribution in [2.45, 2.75) is 19.4 Å². The van der Waals surface area contributed by atoms with Crippen molar-refractivity contribution in [1.82, 2.24) is 4.90 Å². The van der Waals surface area contributed by atoms with Crippen LogP contribution in [-0.4, -0.2) is 42.6 Å². The lowest BCUT2D eigenvalue weighted by molar-refractivity contribution is -0.139. The van der Waals surface area contributed by atoms with Gasteiger partial charge in [-0.05, 0) is 41.8 Å². The number of carboxylic acids is 1. The average Bonchev–Trinajstić information content (AvgIpc) is 2.65. The molecule has 0 aliphatic heterocycles. The Morgan fingerprint density at radius 3 is 2.12 bits per heavy atom. The minimum absolute atomic E-state index is 0.0621. The maximum Gasteiger partial charge on any atom is 0.341 e. The molecule has 0 atom stereocenters. The van der Waals surface area contributed by atoms with Gasteiger partial charge in [0.1, 0.15) is 11.5 Å². The van der Waals surface area contributed by atoms with Crippen molar-refractivity contribution in [3.63, 3.8) is 0 Å². The molecule has 0 aliphatic rings. The molecule has 2 aromatic rings. The number of aliphatic carboxylic acids is 1. The Hall–Kier alpha value is -3.02. The second-order valence-electron chi connectivity index (χ2n) is 5.92. The van der Waals surface area contributed by atoms with Crippen LogP contribution in [0.5, 0.6) is 11.5 Å². The number of rotatable bonds is 9. The van der Waals surface area contributed by atoms with Crippen molar-refractivity contribution in [2.75, 3.05) is 20.8 Å². The molecule has 0 unspecified atom stereocenters. The zero-order valence-electron chi connectivity index (χ0n) is 15.0. The standard InChI is InChI=1S/C20H23NO5/c1-21(13-16-5-10-18(11-6-16)26-14-20(23)24)19(22)12-7-15-3-8-17(25-2)9-4-15/h3-6,8-11H,7,12-14H2,1-2H3,(H,23,24). The molecule has 0 spiro atoms. The minimum atomic E-state index is -1.02. The van der Waals surface area contributed by atoms with Crippen LogP contribution in [0.1, 0.15) is 17.5 Å². The summed E-state index contributed by atoms with van der Waals surface area (Å²) in [5.41, 5.74) is 2.04. The maximum absolute atomic E-state index is 12.3. The summed E-state index contributed by atoms with van der Waals surface area (Å²) in [6, 6.07) is 14.7. The molecular weight excluding hydrogens is 334 g/mol. The fourth-order valence-corrected chi connectivity index (χ4v) is 2.43. The van der Waals surface area contributed by atoms with Gasteiger partial charge < -0.3 is 19.5 Å². The van der Waals surface area contributed by atoms with Gasteiger partial charge in [0.05, 0.1) is 7.11 Å². The van der Waals surface area contributed by atoms with Gasteiger partial charge in [-0.15, -0.1) is 0 Å². The van der Waals surface area contributed by atoms with Crippen LogP contribution in [0.3, 0.4) is 0 Å². The molecule has 0 aromatic heterocycles. The molecule has 2 rings (SSSR count). The van der Waals surface area contributed by atoms with Crippen LogP contribution in [0.25, 0.3) is 0 Å². The van der Waals surface area contributed by atoms with Crippen molar-refractivity contribution < 1.29 is 24.2 Å². The first kappa shape index (κ1) is 19.3. The quantitative estimate of drug-likeness (QED) is 0.747. The van der Waals surface area contributed by atoms with Crippen molar-refractivity contribution in [3.8, 4) is 11.5 Å². The van der Waals surface area contributed by atoms with E-state index in [0.29, 0.717) is 25.1 Å². The number of nitrogens with zero attached hydrogens (tertiary/aromatic N) is 1. The molecule has 1 N–H and O–H groups in total. The Labute approximate surface area is 153 Å². The molecule has 6 heteroatoms. The number of methoxy groups -OCH3 is 1. The van der Waals surface area contributed by atoms with Crippen molar-refractivity contribution in [2.24, 2.45) is 0 Å². The molecule has 2 aromatic carbocycles. The predicted octanol–water partition coefficient (Wildman–Crippen LogP) is 2.75. The molecule has 0 saturated carbocycles. The van der Waals surface area contributed by atoms with Crippen LogP contribution in [-0.2, 0) is 22.6 Å². The highest BCUT2D eigenvalue weighted by atomic mass is 16.5. The summed E-state index contributed by atoms with van der Waals surface area (Å²) in [5, 5.41) is 8.59. The third kappa shape index (κ3) is 6.12. The second-order valence-corrected chi connectivity index (χ2v) is 5.92. The summed E-state index contributed by atoms with van der Waals surface area (Å²) in [7, 11) is 3.39. The van der Waals surface area contributed by atoms with E-state index in [1.54, 1.807) is 31.2 Å². The van der Waals surface area contributed by atoms with Gasteiger partial charge in [0, 0.05) is 20.0 Å². The smallest absolute Gasteiger partial charge is 0.341 e. The first-order chi connectivity index (χ1) is 12.5. The molecule has 138 valence electrons. The van der Waals surface area contributed by atoms with Crippen LogP contribution in [0, 0.1) is 0 Å². The summed E-state index contributed by atoms with van der Waals surface area (Å²) < 4.78 is 10.2. The number of hydrogen-bond donors (Lipinski definition) is 1. The lowest BCUT2D eigenvalue weighted by atomic mass is 10.1. The highest BCUT2D eigenvalue weighted by molar-refractivity contribution is 5.76. The predicted molar refractivity (Wildman–Crippen MR) is 97.4 cm³/mol. The van der Waals surface area contributed by atoms with Gasteiger partial charge in [-0.2, -0.15) is 0 Å². The van der Waals surface area contributed by atoms with Crippen molar-refractivity contribution >= 4 is 11.9 Å². The topological polar surface area (TPSA) is 76.1 Å². The molecule has 26 heavy (non-hydrogen) atoms. The third-order valence-corrected chi connectivity index (χ3v) is 3.92. The molecule has 6 nitrogen and oxygen atoms in total. The normalized spacial score (nSPS) is 10.2. The highest BCUT2D eigenvalue weighted by Gasteiger charge is 2.10. The van der Waals surface area contributed by atoms with Gasteiger partial charge in [0.25, 0.3) is 0 Å². The lowest BCUT2D eigenvalue weighted by Crippen LogP contribution is -2.26. The van der Waals surface area contributed by atoms with Crippen LogP contribution in [0.4, 0.5) is 0 Å². The highest BCUT2D eigenvalue weighted by Crippen LogP contribution is 2.15. The Kier molecular flexibility index (Phi) is 7.02. The lowest BCUT2D eigenvalue weighted by Gasteiger charge is -2.17. The maximum atomic E-state index is 12.3. The summed E-state index contributed by atoms with van der Waals surface area (Å²) in [6.45, 7) is 0.115. The van der Waals surface area contributed by atoms with Gasteiger partial charge in [-0.3, -0.25) is 4.79 Å². The molecular formula is C20H23NO5. The van der Waals surface area contributed by atoms with Crippen LogP contribution < -0.4 is 9.47 Å². The molecule has 0 fully saturated rings. The SMILES string of the molecule is COc1ccc(CCC(=O)N(C)Cc2ccc(OCC(=O)O)cc2)cc1. The number of carbonyl (C=O) groups excluding carboxylic acids is 1. The number of hydrogen-bond acceptors (Lipinski definition) is 4. The van der Waals surface area contributed by atoms with Crippen LogP contribution >= 0.6 is 0 Å². The molecule has 0 radical (unpaired) electrons. The Morgan fingerprint density at radius 1 is 0.962 bits per heavy atom. The summed E-state index contributed by atoms with van der Waals surface area (Å²) in [5.74, 6) is 0.334. The largest absolute Gasteiger partial charge is 0.497 e. The van der Waals surface area contributed by atoms with E-state index in [-0.39, 0.29) is 12.5 Å². The van der Waals surface area contributed by atoms with Crippen LogP contribution in [0.2, 0.25) is 0 Å². The van der Waals surface area contributed by atoms with E-state index in [9.17, 15) is 9.59 Å². The van der Waals surface area contributed by atoms with Gasteiger partial charge >= 0.3 is 5.97 Å². The van der Waals surface area contributed by atoms with E-state index in [2.05, 4.69) is 0 Å². The molecule has 0 saturated heterocycles. The Balaban J connectivity index is 1.81. The van der Waals surface area contributed by atoms with E-state index < -0.39 is 5.97 Å². The average molecular weight is 357 g/mol. The summed E-state index contributed by atoms with van der Waals surface area (Å²) in [4.78, 5) is 24.5. The third-order valence-electron chi connectivity index (χ3n) is 3.92. The number of amides is 1. The summed E-state index contributed by atoms with van der Waals surface area (Å²) >= 11 is 0. The number of carboxylic acid groups (broad SMARTS) is 1. The monoisotopic (exact) mass is 357 g/mol. The first-order valence-electron chi connectivity index (χ1n) is 8.28. The van der Waals surface area contributed by atoms with Gasteiger partial charge in [0.15, 0.2) is 6.61 Å². The zero-order valence-corrected chi connectivity index (χ0v) is 15.0. The molecule has 0 aliphatic carbocycles. The van der Waals surface area contributed by atoms with Gasteiger partial charge in [-0.25, -0.2) is 4.79 Å². The number of ether oxygens (including phenoxy) is 2. The van der Waals surface area contributed by atoms with Crippen LogP contribution in [0.15, 0.2) is 48.5 Å². The Bertz CT molecular complexity index is 725. The van der Waals surface area contributed by atoms with E-state index in [4.69, 9.17) is 14.6 Å². The van der Waals surface area contributed by atoms with E-state index in [1.165, 1.54) is 0 Å². The first-order valence-corrected chi connectivity index (χ1v) is 8.28. The van der Waals surface area contributed by atoms with Crippen molar-refractivity contribution in [3.05, 3.63) is 59.7 Å².